The van der Waals surface area contributed by atoms with E-state index in [9.17, 15) is 8.22 Å². The normalized spacial score (nSPS) is 16.2. The number of benzene rings is 7. The second-order valence-electron chi connectivity index (χ2n) is 10.4. The number of para-hydroxylation sites is 1. The van der Waals surface area contributed by atoms with Gasteiger partial charge in [-0.05, 0) is 51.2 Å². The molecule has 220 valence electrons. The third-order valence-electron chi connectivity index (χ3n) is 7.51. The Hall–Kier alpha value is -6.39. The SMILES string of the molecule is [2H]c1cc(-c2c([2H])c([2H])c(-c3c([2H])c(-c4nc(-c5ccccc5)nc(-c5ccccc5)n4)c4c(oc5c([2H])c([2H])c([2H])c([2H])c54)c3[2H])c([2H])c2[2H])c2c([2H])c([2H])c([2H])c([2H])c2c1[2H]. The van der Waals surface area contributed by atoms with Gasteiger partial charge >= 0.3 is 0 Å². The summed E-state index contributed by atoms with van der Waals surface area (Å²) >= 11 is 0. The van der Waals surface area contributed by atoms with Gasteiger partial charge in [0.05, 0.1) is 21.9 Å². The molecule has 0 aliphatic carbocycles. The van der Waals surface area contributed by atoms with E-state index in [0.717, 1.165) is 6.07 Å². The van der Waals surface area contributed by atoms with Gasteiger partial charge in [-0.15, -0.1) is 0 Å². The van der Waals surface area contributed by atoms with Crippen molar-refractivity contribution >= 4 is 32.7 Å². The van der Waals surface area contributed by atoms with E-state index < -0.39 is 119 Å². The molecule has 7 aromatic carbocycles. The molecule has 9 aromatic rings. The fourth-order valence-electron chi connectivity index (χ4n) is 5.32. The summed E-state index contributed by atoms with van der Waals surface area (Å²) in [4.78, 5) is 14.2. The molecule has 0 unspecified atom stereocenters. The highest BCUT2D eigenvalue weighted by atomic mass is 16.3. The molecule has 2 aromatic heterocycles. The van der Waals surface area contributed by atoms with Gasteiger partial charge in [0.25, 0.3) is 0 Å². The largest absolute Gasteiger partial charge is 0.456 e. The Morgan fingerprint density at radius 1 is 0.426 bits per heavy atom. The van der Waals surface area contributed by atoms with E-state index in [1.54, 1.807) is 60.7 Å². The van der Waals surface area contributed by atoms with Gasteiger partial charge in [0.2, 0.25) is 0 Å². The summed E-state index contributed by atoms with van der Waals surface area (Å²) in [6, 6.07) is 8.18. The first-order valence-corrected chi connectivity index (χ1v) is 14.4. The first kappa shape index (κ1) is 15.3. The average Bonchev–Trinajstić information content (AvgIpc) is 3.69. The van der Waals surface area contributed by atoms with E-state index in [2.05, 4.69) is 0 Å². The number of hydrogen-bond acceptors (Lipinski definition) is 4. The van der Waals surface area contributed by atoms with Crippen LogP contribution in [-0.4, -0.2) is 15.0 Å². The molecular weight excluding hydrogens is 574 g/mol. The lowest BCUT2D eigenvalue weighted by Crippen LogP contribution is -2.00. The molecule has 0 amide bonds. The molecule has 2 heterocycles. The number of rotatable bonds is 5. The lowest BCUT2D eigenvalue weighted by Gasteiger charge is -2.12. The van der Waals surface area contributed by atoms with Gasteiger partial charge in [0.15, 0.2) is 17.5 Å². The molecule has 0 fully saturated rings. The molecule has 4 heteroatoms. The van der Waals surface area contributed by atoms with E-state index in [4.69, 9.17) is 33.1 Å². The summed E-state index contributed by atoms with van der Waals surface area (Å²) in [5, 5.41) is -1.01. The quantitative estimate of drug-likeness (QED) is 0.193. The van der Waals surface area contributed by atoms with Crippen molar-refractivity contribution in [3.05, 3.63) is 163 Å². The van der Waals surface area contributed by atoms with Crippen molar-refractivity contribution < 1.29 is 26.3 Å². The topological polar surface area (TPSA) is 51.8 Å². The zero-order valence-corrected chi connectivity index (χ0v) is 24.1. The number of nitrogens with zero attached hydrogens (tertiary/aromatic N) is 3. The third kappa shape index (κ3) is 4.84. The van der Waals surface area contributed by atoms with Crippen molar-refractivity contribution in [2.45, 2.75) is 0 Å². The zero-order chi connectivity index (χ0) is 45.1. The lowest BCUT2D eigenvalue weighted by atomic mass is 9.94. The van der Waals surface area contributed by atoms with Crippen molar-refractivity contribution in [2.75, 3.05) is 0 Å². The minimum absolute atomic E-state index is 0.143. The maximum Gasteiger partial charge on any atom is 0.164 e. The molecule has 0 saturated heterocycles. The minimum Gasteiger partial charge on any atom is -0.456 e. The molecule has 0 atom stereocenters. The maximum absolute atomic E-state index is 9.86. The van der Waals surface area contributed by atoms with Crippen LogP contribution < -0.4 is 0 Å². The van der Waals surface area contributed by atoms with Crippen LogP contribution in [-0.2, 0) is 0 Å². The molecular formula is C43H27N3O. The monoisotopic (exact) mass is 617 g/mol. The van der Waals surface area contributed by atoms with E-state index >= 15 is 0 Å². The van der Waals surface area contributed by atoms with Gasteiger partial charge in [-0.1, -0.05) is 145 Å². The summed E-state index contributed by atoms with van der Waals surface area (Å²) in [5.41, 5.74) is -1.73. The van der Waals surface area contributed by atoms with Crippen molar-refractivity contribution in [1.82, 2.24) is 15.0 Å². The van der Waals surface area contributed by atoms with Gasteiger partial charge in [-0.3, -0.25) is 0 Å². The van der Waals surface area contributed by atoms with Crippen LogP contribution in [0.5, 0.6) is 0 Å². The Kier molecular flexibility index (Phi) is 3.64. The molecule has 0 aliphatic rings. The zero-order valence-electron chi connectivity index (χ0n) is 40.1. The second kappa shape index (κ2) is 11.2. The highest BCUT2D eigenvalue weighted by molar-refractivity contribution is 6.13. The average molecular weight is 618 g/mol. The number of furan rings is 1. The van der Waals surface area contributed by atoms with Crippen LogP contribution in [0.15, 0.2) is 168 Å². The van der Waals surface area contributed by atoms with Crippen LogP contribution in [0.4, 0.5) is 0 Å². The molecule has 47 heavy (non-hydrogen) atoms. The van der Waals surface area contributed by atoms with Crippen molar-refractivity contribution in [3.8, 4) is 56.4 Å². The van der Waals surface area contributed by atoms with Gasteiger partial charge in [0.1, 0.15) is 11.2 Å². The molecule has 0 bridgehead atoms. The predicted molar refractivity (Wildman–Crippen MR) is 192 cm³/mol. The summed E-state index contributed by atoms with van der Waals surface area (Å²) in [6.07, 6.45) is 0. The van der Waals surface area contributed by atoms with E-state index in [0.29, 0.717) is 11.1 Å². The summed E-state index contributed by atoms with van der Waals surface area (Å²) in [5.74, 6) is 0.0777. The molecule has 0 aliphatic heterocycles. The Morgan fingerprint density at radius 3 is 1.74 bits per heavy atom. The van der Waals surface area contributed by atoms with Crippen LogP contribution in [0.3, 0.4) is 0 Å². The molecule has 4 nitrogen and oxygen atoms in total. The Bertz CT molecular complexity index is 3380. The van der Waals surface area contributed by atoms with Crippen LogP contribution in [0.2, 0.25) is 0 Å². The molecule has 9 rings (SSSR count). The van der Waals surface area contributed by atoms with E-state index in [1.807, 2.05) is 0 Å². The fourth-order valence-corrected chi connectivity index (χ4v) is 5.32. The number of fused-ring (bicyclic) bond motifs is 4. The van der Waals surface area contributed by atoms with Crippen LogP contribution >= 0.6 is 0 Å². The van der Waals surface area contributed by atoms with Crippen LogP contribution in [0, 0.1) is 0 Å². The Morgan fingerprint density at radius 2 is 1.02 bits per heavy atom. The van der Waals surface area contributed by atoms with E-state index in [-0.39, 0.29) is 55.7 Å². The van der Waals surface area contributed by atoms with Crippen LogP contribution in [0.1, 0.15) is 21.9 Å². The maximum atomic E-state index is 9.86. The number of hydrogen-bond donors (Lipinski definition) is 0. The van der Waals surface area contributed by atoms with Crippen LogP contribution in [0.25, 0.3) is 89.1 Å². The minimum atomic E-state index is -0.792. The Labute approximate surface area is 294 Å². The highest BCUT2D eigenvalue weighted by Gasteiger charge is 2.19. The number of aromatic nitrogens is 3. The van der Waals surface area contributed by atoms with Crippen molar-refractivity contribution in [1.29, 1.82) is 0 Å². The molecule has 0 radical (unpaired) electrons. The molecule has 0 spiro atoms. The van der Waals surface area contributed by atoms with Gasteiger partial charge in [0, 0.05) is 27.5 Å². The lowest BCUT2D eigenvalue weighted by molar-refractivity contribution is 0.669. The molecule has 0 N–H and O–H groups in total. The van der Waals surface area contributed by atoms with Gasteiger partial charge < -0.3 is 4.42 Å². The molecule has 0 saturated carbocycles. The predicted octanol–water partition coefficient (Wildman–Crippen LogP) is 11.3. The Balaban J connectivity index is 1.43. The first-order chi connectivity index (χ1) is 30.0. The van der Waals surface area contributed by atoms with Gasteiger partial charge in [-0.25, -0.2) is 15.0 Å². The highest BCUT2D eigenvalue weighted by Crippen LogP contribution is 2.40. The summed E-state index contributed by atoms with van der Waals surface area (Å²) < 4.78 is 148. The summed E-state index contributed by atoms with van der Waals surface area (Å²) in [6.45, 7) is 0. The summed E-state index contributed by atoms with van der Waals surface area (Å²) in [7, 11) is 0. The standard InChI is InChI=1S/C43H27N3O/c1-3-13-31(14-4-1)41-44-42(32-15-5-2-6-16-32)46-43(45-41)37-26-33(27-39-40(37)36-19-9-10-21-38(36)47-39)28-22-24-30(25-23-28)35-20-11-17-29-12-7-8-18-34(29)35/h1-27H/i7D,8D,9D,10D,11D,12D,17D,18D,19D,21D,22D,23D,24D,25D,26D,27D. The van der Waals surface area contributed by atoms with E-state index in [1.165, 1.54) is 0 Å². The van der Waals surface area contributed by atoms with Gasteiger partial charge in [-0.2, -0.15) is 0 Å². The van der Waals surface area contributed by atoms with Crippen molar-refractivity contribution in [2.24, 2.45) is 0 Å². The third-order valence-corrected chi connectivity index (χ3v) is 7.51. The smallest absolute Gasteiger partial charge is 0.164 e. The first-order valence-electron chi connectivity index (χ1n) is 22.4. The second-order valence-corrected chi connectivity index (χ2v) is 10.4. The fraction of sp³-hybridized carbons (Fsp3) is 0. The van der Waals surface area contributed by atoms with Crippen molar-refractivity contribution in [3.63, 3.8) is 0 Å².